The van der Waals surface area contributed by atoms with Gasteiger partial charge in [-0.05, 0) is 44.7 Å². The van der Waals surface area contributed by atoms with E-state index in [2.05, 4.69) is 4.90 Å². The largest absolute Gasteiger partial charge is 0.368 e. The van der Waals surface area contributed by atoms with Gasteiger partial charge in [-0.3, -0.25) is 0 Å². The first-order valence-electron chi connectivity index (χ1n) is 7.31. The van der Waals surface area contributed by atoms with E-state index in [-0.39, 0.29) is 0 Å². The van der Waals surface area contributed by atoms with Crippen molar-refractivity contribution in [2.75, 3.05) is 19.6 Å². The molecule has 0 aromatic heterocycles. The second-order valence-corrected chi connectivity index (χ2v) is 5.90. The van der Waals surface area contributed by atoms with E-state index in [9.17, 15) is 0 Å². The van der Waals surface area contributed by atoms with Crippen LogP contribution in [0.2, 0.25) is 0 Å². The van der Waals surface area contributed by atoms with Gasteiger partial charge in [0.25, 0.3) is 0 Å². The molecule has 92 valence electrons. The zero-order valence-corrected chi connectivity index (χ0v) is 10.4. The topological polar surface area (TPSA) is 15.8 Å². The summed E-state index contributed by atoms with van der Waals surface area (Å²) in [7, 11) is 0. The van der Waals surface area contributed by atoms with Gasteiger partial charge in [-0.2, -0.15) is 0 Å². The molecule has 2 heterocycles. The van der Waals surface area contributed by atoms with Gasteiger partial charge in [-0.1, -0.05) is 25.7 Å². The molecule has 2 heteroatoms. The zero-order valence-electron chi connectivity index (χ0n) is 10.4. The van der Waals surface area contributed by atoms with Crippen molar-refractivity contribution in [3.05, 3.63) is 0 Å². The summed E-state index contributed by atoms with van der Waals surface area (Å²) in [6.07, 6.45) is 12.7. The van der Waals surface area contributed by atoms with Crippen molar-refractivity contribution in [3.8, 4) is 0 Å². The third kappa shape index (κ3) is 2.60. The Morgan fingerprint density at radius 2 is 1.56 bits per heavy atom. The summed E-state index contributed by atoms with van der Waals surface area (Å²) in [4.78, 5) is 2.62. The van der Waals surface area contributed by atoms with Gasteiger partial charge in [-0.25, -0.2) is 0 Å². The zero-order chi connectivity index (χ0) is 10.8. The summed E-state index contributed by atoms with van der Waals surface area (Å²) in [5.74, 6) is 0.906. The van der Waals surface area contributed by atoms with Crippen LogP contribution in [0.1, 0.15) is 51.4 Å². The monoisotopic (exact) mass is 223 g/mol. The van der Waals surface area contributed by atoms with Crippen LogP contribution in [0.5, 0.6) is 0 Å². The second-order valence-electron chi connectivity index (χ2n) is 5.90. The van der Waals surface area contributed by atoms with Crippen molar-refractivity contribution >= 4 is 0 Å². The first-order chi connectivity index (χ1) is 7.93. The lowest BCUT2D eigenvalue weighted by atomic mass is 9.86. The van der Waals surface area contributed by atoms with Gasteiger partial charge in [0.15, 0.2) is 0 Å². The normalized spacial score (nSPS) is 37.5. The lowest BCUT2D eigenvalue weighted by Crippen LogP contribution is -2.34. The molecule has 0 amide bonds. The van der Waals surface area contributed by atoms with Crippen molar-refractivity contribution in [2.45, 2.75) is 63.6 Å². The molecule has 2 atom stereocenters. The first-order valence-corrected chi connectivity index (χ1v) is 7.31. The molecule has 3 aliphatic rings. The molecule has 0 radical (unpaired) electrons. The van der Waals surface area contributed by atoms with Crippen molar-refractivity contribution < 1.29 is 4.74 Å². The van der Waals surface area contributed by atoms with Gasteiger partial charge in [-0.15, -0.1) is 0 Å². The summed E-state index contributed by atoms with van der Waals surface area (Å²) in [5, 5.41) is 0. The second kappa shape index (κ2) is 5.05. The smallest absolute Gasteiger partial charge is 0.0971 e. The number of piperidine rings is 1. The highest BCUT2D eigenvalue weighted by atomic mass is 16.6. The molecule has 2 nitrogen and oxygen atoms in total. The van der Waals surface area contributed by atoms with Crippen LogP contribution in [0.4, 0.5) is 0 Å². The Morgan fingerprint density at radius 3 is 2.31 bits per heavy atom. The van der Waals surface area contributed by atoms with Crippen LogP contribution >= 0.6 is 0 Å². The molecular weight excluding hydrogens is 198 g/mol. The minimum absolute atomic E-state index is 0.598. The number of likely N-dealkylation sites (tertiary alicyclic amines) is 1. The van der Waals surface area contributed by atoms with Gasteiger partial charge in [0.05, 0.1) is 12.2 Å². The van der Waals surface area contributed by atoms with Gasteiger partial charge in [0.2, 0.25) is 0 Å². The van der Waals surface area contributed by atoms with Crippen LogP contribution in [0.3, 0.4) is 0 Å². The van der Waals surface area contributed by atoms with Crippen LogP contribution in [-0.2, 0) is 4.74 Å². The average Bonchev–Trinajstić information content (AvgIpc) is 3.11. The van der Waals surface area contributed by atoms with E-state index in [1.54, 1.807) is 0 Å². The number of epoxide rings is 1. The highest BCUT2D eigenvalue weighted by Crippen LogP contribution is 2.38. The van der Waals surface area contributed by atoms with E-state index in [4.69, 9.17) is 4.74 Å². The minimum Gasteiger partial charge on any atom is -0.368 e. The van der Waals surface area contributed by atoms with Gasteiger partial charge in [0.1, 0.15) is 0 Å². The number of ether oxygens (including phenoxy) is 1. The Labute approximate surface area is 99.3 Å². The SMILES string of the molecule is C1CCC([C@H]2O[C@@H]2CN2CCCCC2)CC1. The standard InChI is InChI=1S/C14H25NO/c1-3-7-12(8-4-1)14-13(16-14)11-15-9-5-2-6-10-15/h12-14H,1-11H2/t13-,14-/m1/s1. The van der Waals surface area contributed by atoms with E-state index < -0.39 is 0 Å². The summed E-state index contributed by atoms with van der Waals surface area (Å²) >= 11 is 0. The van der Waals surface area contributed by atoms with Crippen LogP contribution in [0.25, 0.3) is 0 Å². The van der Waals surface area contributed by atoms with E-state index in [0.717, 1.165) is 5.92 Å². The molecule has 0 spiro atoms. The molecule has 1 saturated carbocycles. The molecule has 0 aromatic rings. The quantitative estimate of drug-likeness (QED) is 0.684. The maximum atomic E-state index is 5.92. The molecule has 2 aliphatic heterocycles. The Balaban J connectivity index is 1.41. The highest BCUT2D eigenvalue weighted by Gasteiger charge is 2.45. The minimum atomic E-state index is 0.598. The molecule has 1 aliphatic carbocycles. The van der Waals surface area contributed by atoms with Crippen molar-refractivity contribution in [1.29, 1.82) is 0 Å². The molecule has 0 bridgehead atoms. The van der Waals surface area contributed by atoms with E-state index >= 15 is 0 Å². The fraction of sp³-hybridized carbons (Fsp3) is 1.00. The van der Waals surface area contributed by atoms with Gasteiger partial charge in [0, 0.05) is 6.54 Å². The Kier molecular flexibility index (Phi) is 3.49. The van der Waals surface area contributed by atoms with Crippen LogP contribution in [-0.4, -0.2) is 36.7 Å². The van der Waals surface area contributed by atoms with Gasteiger partial charge >= 0.3 is 0 Å². The molecular formula is C14H25NO. The van der Waals surface area contributed by atoms with Crippen molar-refractivity contribution in [2.24, 2.45) is 5.92 Å². The maximum Gasteiger partial charge on any atom is 0.0971 e. The predicted molar refractivity (Wildman–Crippen MR) is 65.5 cm³/mol. The van der Waals surface area contributed by atoms with Crippen LogP contribution in [0, 0.1) is 5.92 Å². The fourth-order valence-electron chi connectivity index (χ4n) is 3.58. The lowest BCUT2D eigenvalue weighted by molar-refractivity contribution is 0.205. The average molecular weight is 223 g/mol. The van der Waals surface area contributed by atoms with Crippen molar-refractivity contribution in [3.63, 3.8) is 0 Å². The third-order valence-electron chi connectivity index (χ3n) is 4.62. The Hall–Kier alpha value is -0.0800. The number of hydrogen-bond donors (Lipinski definition) is 0. The van der Waals surface area contributed by atoms with Crippen LogP contribution in [0.15, 0.2) is 0 Å². The van der Waals surface area contributed by atoms with E-state index in [1.807, 2.05) is 0 Å². The molecule has 0 N–H and O–H groups in total. The summed E-state index contributed by atoms with van der Waals surface area (Å²) < 4.78 is 5.92. The molecule has 16 heavy (non-hydrogen) atoms. The van der Waals surface area contributed by atoms with Crippen LogP contribution < -0.4 is 0 Å². The Bertz CT molecular complexity index is 219. The van der Waals surface area contributed by atoms with Crippen molar-refractivity contribution in [1.82, 2.24) is 4.90 Å². The lowest BCUT2D eigenvalue weighted by Gasteiger charge is -2.26. The first kappa shape index (κ1) is 11.0. The third-order valence-corrected chi connectivity index (χ3v) is 4.62. The fourth-order valence-corrected chi connectivity index (χ4v) is 3.58. The van der Waals surface area contributed by atoms with E-state index in [1.165, 1.54) is 71.0 Å². The molecule has 3 fully saturated rings. The molecule has 2 saturated heterocycles. The number of rotatable bonds is 3. The highest BCUT2D eigenvalue weighted by molar-refractivity contribution is 4.93. The van der Waals surface area contributed by atoms with Gasteiger partial charge < -0.3 is 9.64 Å². The predicted octanol–water partition coefficient (Wildman–Crippen LogP) is 2.82. The summed E-state index contributed by atoms with van der Waals surface area (Å²) in [6, 6.07) is 0. The summed E-state index contributed by atoms with van der Waals surface area (Å²) in [5.41, 5.74) is 0. The number of nitrogens with zero attached hydrogens (tertiary/aromatic N) is 1. The summed E-state index contributed by atoms with van der Waals surface area (Å²) in [6.45, 7) is 3.86. The maximum absolute atomic E-state index is 5.92. The Morgan fingerprint density at radius 1 is 0.875 bits per heavy atom. The molecule has 0 unspecified atom stereocenters. The number of hydrogen-bond acceptors (Lipinski definition) is 2. The molecule has 0 aromatic carbocycles. The molecule has 3 rings (SSSR count). The van der Waals surface area contributed by atoms with E-state index in [0.29, 0.717) is 12.2 Å².